The van der Waals surface area contributed by atoms with Gasteiger partial charge in [0.15, 0.2) is 0 Å². The third kappa shape index (κ3) is 2.52. The van der Waals surface area contributed by atoms with Gasteiger partial charge < -0.3 is 0 Å². The van der Waals surface area contributed by atoms with Gasteiger partial charge in [0.25, 0.3) is 0 Å². The molecular weight excluding hydrogens is 407 g/mol. The summed E-state index contributed by atoms with van der Waals surface area (Å²) >= 11 is 1.63. The first kappa shape index (κ1) is 19.8. The summed E-state index contributed by atoms with van der Waals surface area (Å²) in [5.41, 5.74) is 8.41. The van der Waals surface area contributed by atoms with Gasteiger partial charge in [0.1, 0.15) is 0 Å². The van der Waals surface area contributed by atoms with Crippen LogP contribution < -0.4 is 3.58 Å². The van der Waals surface area contributed by atoms with E-state index in [1.54, 1.807) is 48.4 Å². The minimum atomic E-state index is 0.328. The summed E-state index contributed by atoms with van der Waals surface area (Å²) in [6.45, 7) is 19.7. The van der Waals surface area contributed by atoms with Crippen molar-refractivity contribution < 1.29 is 0 Å². The first-order valence-electron chi connectivity index (χ1n) is 10.5. The Morgan fingerprint density at radius 1 is 0.720 bits per heavy atom. The molecule has 0 spiro atoms. The van der Waals surface area contributed by atoms with Crippen molar-refractivity contribution in [1.29, 1.82) is 0 Å². The fourth-order valence-corrected chi connectivity index (χ4v) is 9.45. The molecule has 3 radical (unpaired) electrons. The summed E-state index contributed by atoms with van der Waals surface area (Å²) in [4.78, 5) is 0. The summed E-state index contributed by atoms with van der Waals surface area (Å²) < 4.78 is 1.72. The normalized spacial score (nSPS) is 24.2. The topological polar surface area (TPSA) is 0 Å². The van der Waals surface area contributed by atoms with Crippen LogP contribution in [0.2, 0.25) is 0 Å². The monoisotopic (exact) mass is 445 g/mol. The fraction of sp³-hybridized carbons (Fsp3) is 0.750. The molecule has 0 N–H and O–H groups in total. The zero-order chi connectivity index (χ0) is 18.8. The summed E-state index contributed by atoms with van der Waals surface area (Å²) in [7, 11) is 0. The standard InChI is InChI=1S/C24H37.Sn/c1-9-23(10-2)15-21(5,6)17-13-18-20(14-19(17)23)24(11-3,12-4)16-22(18,7)8;/h14H,9-12,15-16H2,1-8H3;. The van der Waals surface area contributed by atoms with Gasteiger partial charge in [-0.1, -0.05) is 0 Å². The molecule has 1 heteroatoms. The van der Waals surface area contributed by atoms with Crippen LogP contribution in [0.25, 0.3) is 0 Å². The van der Waals surface area contributed by atoms with Crippen LogP contribution >= 0.6 is 0 Å². The predicted octanol–water partition coefficient (Wildman–Crippen LogP) is 5.96. The molecule has 3 rings (SSSR count). The summed E-state index contributed by atoms with van der Waals surface area (Å²) in [6, 6.07) is 2.72. The zero-order valence-corrected chi connectivity index (χ0v) is 20.7. The van der Waals surface area contributed by atoms with Gasteiger partial charge in [-0.2, -0.15) is 0 Å². The number of rotatable bonds is 4. The van der Waals surface area contributed by atoms with Crippen molar-refractivity contribution >= 4 is 26.1 Å². The van der Waals surface area contributed by atoms with E-state index in [0.29, 0.717) is 21.7 Å². The first-order chi connectivity index (χ1) is 11.5. The Labute approximate surface area is 169 Å². The van der Waals surface area contributed by atoms with E-state index in [4.69, 9.17) is 0 Å². The second-order valence-electron chi connectivity index (χ2n) is 10.2. The molecule has 0 bridgehead atoms. The Morgan fingerprint density at radius 3 is 1.32 bits per heavy atom. The number of hydrogen-bond donors (Lipinski definition) is 0. The molecule has 0 heterocycles. The van der Waals surface area contributed by atoms with E-state index in [0.717, 1.165) is 0 Å². The van der Waals surface area contributed by atoms with Crippen molar-refractivity contribution in [3.63, 3.8) is 0 Å². The molecule has 0 atom stereocenters. The molecule has 0 amide bonds. The van der Waals surface area contributed by atoms with E-state index in [-0.39, 0.29) is 0 Å². The van der Waals surface area contributed by atoms with Crippen molar-refractivity contribution in [3.8, 4) is 0 Å². The molecule has 2 aliphatic carbocycles. The third-order valence-electron chi connectivity index (χ3n) is 8.09. The van der Waals surface area contributed by atoms with Crippen molar-refractivity contribution in [2.45, 2.75) is 116 Å². The summed E-state index contributed by atoms with van der Waals surface area (Å²) in [6.07, 6.45) is 7.79. The molecule has 1 aromatic carbocycles. The Morgan fingerprint density at radius 2 is 1.04 bits per heavy atom. The van der Waals surface area contributed by atoms with E-state index < -0.39 is 0 Å². The van der Waals surface area contributed by atoms with Crippen LogP contribution in [0.15, 0.2) is 6.07 Å². The molecule has 25 heavy (non-hydrogen) atoms. The number of hydrogen-bond acceptors (Lipinski definition) is 0. The second kappa shape index (κ2) is 6.01. The van der Waals surface area contributed by atoms with E-state index >= 15 is 0 Å². The quantitative estimate of drug-likeness (QED) is 0.503. The molecule has 2 aliphatic rings. The maximum atomic E-state index is 2.72. The Hall–Kier alpha value is 0.0187. The van der Waals surface area contributed by atoms with Gasteiger partial charge in [0.05, 0.1) is 0 Å². The van der Waals surface area contributed by atoms with Crippen molar-refractivity contribution in [1.82, 2.24) is 0 Å². The van der Waals surface area contributed by atoms with Gasteiger partial charge in [0.2, 0.25) is 0 Å². The molecule has 0 saturated heterocycles. The van der Waals surface area contributed by atoms with Crippen LogP contribution in [-0.4, -0.2) is 22.5 Å². The second-order valence-corrected chi connectivity index (χ2v) is 11.6. The Kier molecular flexibility index (Phi) is 4.75. The summed E-state index contributed by atoms with van der Waals surface area (Å²) in [5.74, 6) is 0. The van der Waals surface area contributed by atoms with Crippen LogP contribution in [0.3, 0.4) is 0 Å². The van der Waals surface area contributed by atoms with Crippen LogP contribution in [0.1, 0.15) is 116 Å². The van der Waals surface area contributed by atoms with Crippen LogP contribution in [0, 0.1) is 0 Å². The Balaban J connectivity index is 2.41. The SMILES string of the molecule is CCC1(CC)CC(C)(C)c2c1cc1c([c]2[Sn])C(C)(C)CC1(CC)CC. The minimum absolute atomic E-state index is 0.328. The fourth-order valence-electron chi connectivity index (χ4n) is 6.75. The zero-order valence-electron chi connectivity index (χ0n) is 17.8. The van der Waals surface area contributed by atoms with Gasteiger partial charge in [-0.25, -0.2) is 0 Å². The van der Waals surface area contributed by atoms with Gasteiger partial charge in [-0.3, -0.25) is 0 Å². The van der Waals surface area contributed by atoms with Gasteiger partial charge >= 0.3 is 170 Å². The molecule has 0 unspecified atom stereocenters. The van der Waals surface area contributed by atoms with E-state index in [1.807, 2.05) is 0 Å². The van der Waals surface area contributed by atoms with E-state index in [2.05, 4.69) is 61.5 Å². The molecule has 0 aromatic heterocycles. The first-order valence-corrected chi connectivity index (χ1v) is 11.9. The van der Waals surface area contributed by atoms with Crippen molar-refractivity contribution in [2.75, 3.05) is 0 Å². The molecule has 1 aromatic rings. The molecule has 0 fully saturated rings. The molecule has 0 aliphatic heterocycles. The average molecular weight is 444 g/mol. The van der Waals surface area contributed by atoms with Gasteiger partial charge in [-0.15, -0.1) is 0 Å². The van der Waals surface area contributed by atoms with Gasteiger partial charge in [-0.05, 0) is 0 Å². The van der Waals surface area contributed by atoms with E-state index in [1.165, 1.54) is 38.5 Å². The molecule has 0 nitrogen and oxygen atoms in total. The summed E-state index contributed by atoms with van der Waals surface area (Å²) in [5, 5.41) is 0. The molecular formula is C24H37Sn. The Bertz CT molecular complexity index is 628. The van der Waals surface area contributed by atoms with Crippen LogP contribution in [0.4, 0.5) is 0 Å². The van der Waals surface area contributed by atoms with Crippen LogP contribution in [-0.2, 0) is 21.7 Å². The van der Waals surface area contributed by atoms with E-state index in [9.17, 15) is 0 Å². The number of fused-ring (bicyclic) bond motifs is 2. The average Bonchev–Trinajstić information content (AvgIpc) is 2.94. The van der Waals surface area contributed by atoms with Crippen LogP contribution in [0.5, 0.6) is 0 Å². The molecule has 137 valence electrons. The van der Waals surface area contributed by atoms with Gasteiger partial charge in [0, 0.05) is 0 Å². The third-order valence-corrected chi connectivity index (χ3v) is 9.52. The molecule has 0 saturated carbocycles. The maximum absolute atomic E-state index is 2.72. The number of benzene rings is 1. The predicted molar refractivity (Wildman–Crippen MR) is 112 cm³/mol. The van der Waals surface area contributed by atoms with Crippen molar-refractivity contribution in [3.05, 3.63) is 28.3 Å². The van der Waals surface area contributed by atoms with Crippen molar-refractivity contribution in [2.24, 2.45) is 0 Å².